The number of nitrogens with zero attached hydrogens (tertiary/aromatic N) is 1. The van der Waals surface area contributed by atoms with Crippen LogP contribution in [0.4, 0.5) is 0 Å². The fourth-order valence-electron chi connectivity index (χ4n) is 8.04. The molecule has 0 saturated carbocycles. The number of nitrogens with one attached hydrogen (secondary N) is 1. The molecule has 8 atom stereocenters. The van der Waals surface area contributed by atoms with Crippen LogP contribution >= 0.6 is 0 Å². The van der Waals surface area contributed by atoms with E-state index in [-0.39, 0.29) is 6.61 Å². The van der Waals surface area contributed by atoms with Crippen LogP contribution in [0, 0.1) is 0 Å². The first-order valence-corrected chi connectivity index (χ1v) is 22.1. The predicted molar refractivity (Wildman–Crippen MR) is 246 cm³/mol. The lowest BCUT2D eigenvalue weighted by molar-refractivity contribution is -0.294. The van der Waals surface area contributed by atoms with Crippen LogP contribution in [0.15, 0.2) is 187 Å². The molecule has 1 saturated heterocycles. The van der Waals surface area contributed by atoms with Crippen molar-refractivity contribution in [1.29, 1.82) is 0 Å². The van der Waals surface area contributed by atoms with Gasteiger partial charge in [0.1, 0.15) is 42.5 Å². The summed E-state index contributed by atoms with van der Waals surface area (Å²) in [6, 6.07) is 60.2. The van der Waals surface area contributed by atoms with Crippen LogP contribution in [0.1, 0.15) is 33.4 Å². The summed E-state index contributed by atoms with van der Waals surface area (Å²) in [6.07, 6.45) is -4.26. The zero-order valence-electron chi connectivity index (χ0n) is 36.3. The van der Waals surface area contributed by atoms with Gasteiger partial charge in [-0.15, -0.1) is 0 Å². The van der Waals surface area contributed by atoms with E-state index >= 15 is 0 Å². The molecule has 0 bridgehead atoms. The summed E-state index contributed by atoms with van der Waals surface area (Å²) in [6.45, 7) is 2.65. The maximum Gasteiger partial charge on any atom is 0.186 e. The number of methoxy groups -OCH3 is 1. The van der Waals surface area contributed by atoms with Crippen molar-refractivity contribution in [2.45, 2.75) is 88.6 Å². The molecule has 0 amide bonds. The van der Waals surface area contributed by atoms with Gasteiger partial charge < -0.3 is 43.2 Å². The molecule has 1 fully saturated rings. The molecule has 6 aromatic rings. The molecule has 10 nitrogen and oxygen atoms in total. The summed E-state index contributed by atoms with van der Waals surface area (Å²) < 4.78 is 53.7. The van der Waals surface area contributed by atoms with Gasteiger partial charge in [-0.1, -0.05) is 182 Å². The summed E-state index contributed by atoms with van der Waals surface area (Å²) in [5.41, 5.74) is 6.21. The van der Waals surface area contributed by atoms with Gasteiger partial charge in [0.2, 0.25) is 0 Å². The Balaban J connectivity index is 1.15. The molecule has 2 aliphatic heterocycles. The summed E-state index contributed by atoms with van der Waals surface area (Å²) >= 11 is 0. The van der Waals surface area contributed by atoms with Gasteiger partial charge in [-0.3, -0.25) is 4.99 Å². The second-order valence-electron chi connectivity index (χ2n) is 16.0. The molecule has 2 aliphatic rings. The number of ether oxygens (including phenoxy) is 8. The van der Waals surface area contributed by atoms with Crippen molar-refractivity contribution < 1.29 is 37.9 Å². The second-order valence-corrected chi connectivity index (χ2v) is 16.0. The van der Waals surface area contributed by atoms with E-state index in [2.05, 4.69) is 53.8 Å². The first-order valence-electron chi connectivity index (χ1n) is 22.1. The standard InChI is InChI=1S/C54H58N2O8/c1-57-54-52(63-38-45-30-18-7-19-31-45)50(61-36-43-26-14-5-15-27-43)48(47(64-54)39-58-33-40-20-8-2-9-21-40)56-53-51(62-37-44-28-16-6-17-29-44)49(60-35-42-24-12-4-13-25-42)46(32-55-53)59-34-41-22-10-3-11-23-41/h2-31,46-52,54H,32-39H2,1H3,(H,55,56)/t46-,47-,48-,49-,50+,51+,52-,54+/m1/s1. The van der Waals surface area contributed by atoms with Gasteiger partial charge in [-0.25, -0.2) is 0 Å². The highest BCUT2D eigenvalue weighted by Gasteiger charge is 2.50. The third-order valence-corrected chi connectivity index (χ3v) is 11.4. The lowest BCUT2D eigenvalue weighted by atomic mass is 9.94. The zero-order chi connectivity index (χ0) is 43.6. The Morgan fingerprint density at radius 2 is 0.859 bits per heavy atom. The summed E-state index contributed by atoms with van der Waals surface area (Å²) in [5.74, 6) is 0.598. The minimum Gasteiger partial charge on any atom is -0.374 e. The van der Waals surface area contributed by atoms with Gasteiger partial charge >= 0.3 is 0 Å². The lowest BCUT2D eigenvalue weighted by Gasteiger charge is -2.47. The van der Waals surface area contributed by atoms with Crippen molar-refractivity contribution in [2.24, 2.45) is 4.99 Å². The first-order chi connectivity index (χ1) is 31.7. The Hall–Kier alpha value is -5.53. The van der Waals surface area contributed by atoms with Crippen molar-refractivity contribution >= 4 is 5.84 Å². The lowest BCUT2D eigenvalue weighted by Crippen LogP contribution is -2.68. The number of amidine groups is 1. The van der Waals surface area contributed by atoms with Gasteiger partial charge in [0.15, 0.2) is 6.29 Å². The quantitative estimate of drug-likeness (QED) is 0.0762. The third kappa shape index (κ3) is 12.8. The molecule has 0 radical (unpaired) electrons. The maximum absolute atomic E-state index is 7.00. The normalized spacial score (nSPS) is 23.3. The molecule has 0 aromatic heterocycles. The third-order valence-electron chi connectivity index (χ3n) is 11.4. The zero-order valence-corrected chi connectivity index (χ0v) is 36.3. The van der Waals surface area contributed by atoms with Crippen LogP contribution in [0.5, 0.6) is 0 Å². The summed E-state index contributed by atoms with van der Waals surface area (Å²) in [4.78, 5) is 5.24. The molecule has 6 aromatic carbocycles. The Labute approximate surface area is 377 Å². The van der Waals surface area contributed by atoms with E-state index in [0.29, 0.717) is 52.0 Å². The maximum atomic E-state index is 7.00. The van der Waals surface area contributed by atoms with Crippen LogP contribution in [-0.2, 0) is 77.5 Å². The molecule has 8 rings (SSSR count). The second kappa shape index (κ2) is 24.0. The minimum absolute atomic E-state index is 0.225. The van der Waals surface area contributed by atoms with Gasteiger partial charge in [0, 0.05) is 7.11 Å². The predicted octanol–water partition coefficient (Wildman–Crippen LogP) is 8.87. The van der Waals surface area contributed by atoms with E-state index in [0.717, 1.165) is 33.4 Å². The van der Waals surface area contributed by atoms with Crippen molar-refractivity contribution in [3.63, 3.8) is 0 Å². The smallest absolute Gasteiger partial charge is 0.186 e. The minimum atomic E-state index is -0.774. The van der Waals surface area contributed by atoms with Crippen LogP contribution < -0.4 is 5.32 Å². The highest BCUT2D eigenvalue weighted by Crippen LogP contribution is 2.31. The largest absolute Gasteiger partial charge is 0.374 e. The van der Waals surface area contributed by atoms with E-state index in [1.165, 1.54) is 0 Å². The topological polar surface area (TPSA) is 98.2 Å². The van der Waals surface area contributed by atoms with Crippen LogP contribution in [0.25, 0.3) is 0 Å². The van der Waals surface area contributed by atoms with E-state index in [9.17, 15) is 0 Å². The van der Waals surface area contributed by atoms with Crippen LogP contribution in [0.3, 0.4) is 0 Å². The van der Waals surface area contributed by atoms with Gasteiger partial charge in [-0.2, -0.15) is 0 Å². The molecule has 0 spiro atoms. The molecule has 0 aliphatic carbocycles. The van der Waals surface area contributed by atoms with Gasteiger partial charge in [0.05, 0.1) is 58.8 Å². The molecule has 2 heterocycles. The molecule has 64 heavy (non-hydrogen) atoms. The molecule has 10 heteroatoms. The molecule has 332 valence electrons. The SMILES string of the molecule is CO[C@H]1O[C@H](COCc2ccccc2)[C@@H](NC2=NC[C@@H](OCc3ccccc3)[C@@H](OCc3ccccc3)[C@@H]2OCc2ccccc2)[C@H](OCc2ccccc2)[C@H]1OCc1ccccc1. The Morgan fingerprint density at radius 3 is 1.31 bits per heavy atom. The van der Waals surface area contributed by atoms with Crippen LogP contribution in [-0.4, -0.2) is 75.1 Å². The van der Waals surface area contributed by atoms with Crippen molar-refractivity contribution in [1.82, 2.24) is 5.32 Å². The molecular formula is C54H58N2O8. The van der Waals surface area contributed by atoms with Crippen molar-refractivity contribution in [3.8, 4) is 0 Å². The van der Waals surface area contributed by atoms with Crippen molar-refractivity contribution in [2.75, 3.05) is 20.3 Å². The summed E-state index contributed by atoms with van der Waals surface area (Å²) in [7, 11) is 1.64. The van der Waals surface area contributed by atoms with E-state index in [1.54, 1.807) is 7.11 Å². The van der Waals surface area contributed by atoms with E-state index in [4.69, 9.17) is 42.9 Å². The highest BCUT2D eigenvalue weighted by atomic mass is 16.7. The summed E-state index contributed by atoms with van der Waals surface area (Å²) in [5, 5.41) is 3.85. The molecular weight excluding hydrogens is 805 g/mol. The Bertz CT molecular complexity index is 2240. The number of hydrogen-bond acceptors (Lipinski definition) is 10. The van der Waals surface area contributed by atoms with E-state index < -0.39 is 49.0 Å². The monoisotopic (exact) mass is 862 g/mol. The average molecular weight is 863 g/mol. The number of benzene rings is 6. The van der Waals surface area contributed by atoms with Gasteiger partial charge in [-0.05, 0) is 33.4 Å². The molecule has 0 unspecified atom stereocenters. The first kappa shape index (κ1) is 45.1. The highest BCUT2D eigenvalue weighted by molar-refractivity contribution is 5.88. The van der Waals surface area contributed by atoms with E-state index in [1.807, 2.05) is 133 Å². The number of hydrogen-bond donors (Lipinski definition) is 1. The van der Waals surface area contributed by atoms with Gasteiger partial charge in [0.25, 0.3) is 0 Å². The Kier molecular flexibility index (Phi) is 16.9. The average Bonchev–Trinajstić information content (AvgIpc) is 3.36. The number of rotatable bonds is 21. The Morgan fingerprint density at radius 1 is 0.469 bits per heavy atom. The fraction of sp³-hybridized carbons (Fsp3) is 0.315. The number of aliphatic imine (C=N–C) groups is 1. The molecule has 1 N–H and O–H groups in total. The van der Waals surface area contributed by atoms with Crippen molar-refractivity contribution in [3.05, 3.63) is 215 Å². The fourth-order valence-corrected chi connectivity index (χ4v) is 8.04. The van der Waals surface area contributed by atoms with Crippen LogP contribution in [0.2, 0.25) is 0 Å².